The van der Waals surface area contributed by atoms with E-state index in [2.05, 4.69) is 89.8 Å². The Kier molecular flexibility index (Phi) is 5.32. The Morgan fingerprint density at radius 3 is 2.17 bits per heavy atom. The maximum absolute atomic E-state index is 2.67. The molecule has 0 N–H and O–H groups in total. The monoisotopic (exact) mass is 379 g/mol. The molecular formula is C28H29N. The molecule has 1 nitrogen and oxygen atoms in total. The topological polar surface area (TPSA) is 3.24 Å². The molecule has 1 fully saturated rings. The molecule has 0 atom stereocenters. The van der Waals surface area contributed by atoms with Crippen LogP contribution in [0.2, 0.25) is 0 Å². The number of rotatable bonds is 5. The molecule has 0 aromatic heterocycles. The first-order chi connectivity index (χ1) is 14.4. The molecule has 1 heteroatoms. The molecule has 0 spiro atoms. The van der Waals surface area contributed by atoms with E-state index in [4.69, 9.17) is 0 Å². The second-order valence-electron chi connectivity index (χ2n) is 8.41. The first-order valence-corrected chi connectivity index (χ1v) is 11.0. The SMILES string of the molecule is C1=C(CCN2CCC(c3ccccc3)CC2)c2cccc(-c3ccccc3)c2C1. The molecule has 1 aliphatic heterocycles. The number of piperidine rings is 1. The minimum absolute atomic E-state index is 0.743. The van der Waals surface area contributed by atoms with Crippen LogP contribution in [0.4, 0.5) is 0 Å². The van der Waals surface area contributed by atoms with Gasteiger partial charge in [0.15, 0.2) is 0 Å². The van der Waals surface area contributed by atoms with Crippen molar-refractivity contribution < 1.29 is 0 Å². The fourth-order valence-corrected chi connectivity index (χ4v) is 5.06. The van der Waals surface area contributed by atoms with Crippen LogP contribution in [0.15, 0.2) is 84.9 Å². The first-order valence-electron chi connectivity index (χ1n) is 11.0. The van der Waals surface area contributed by atoms with Gasteiger partial charge in [0, 0.05) is 6.54 Å². The van der Waals surface area contributed by atoms with E-state index in [1.165, 1.54) is 66.7 Å². The highest BCUT2D eigenvalue weighted by molar-refractivity contribution is 5.81. The van der Waals surface area contributed by atoms with Crippen molar-refractivity contribution in [3.05, 3.63) is 102 Å². The van der Waals surface area contributed by atoms with E-state index in [-0.39, 0.29) is 0 Å². The zero-order valence-electron chi connectivity index (χ0n) is 17.1. The molecule has 0 radical (unpaired) electrons. The average Bonchev–Trinajstić information content (AvgIpc) is 3.22. The third kappa shape index (κ3) is 3.93. The summed E-state index contributed by atoms with van der Waals surface area (Å²) in [6, 6.07) is 28.7. The predicted molar refractivity (Wildman–Crippen MR) is 123 cm³/mol. The van der Waals surface area contributed by atoms with Crippen molar-refractivity contribution >= 4 is 5.57 Å². The zero-order chi connectivity index (χ0) is 19.5. The van der Waals surface area contributed by atoms with E-state index in [9.17, 15) is 0 Å². The molecule has 0 bridgehead atoms. The van der Waals surface area contributed by atoms with Crippen LogP contribution in [0.1, 0.15) is 41.9 Å². The Bertz CT molecular complexity index is 979. The van der Waals surface area contributed by atoms with Crippen LogP contribution in [0, 0.1) is 0 Å². The Labute approximate surface area is 174 Å². The van der Waals surface area contributed by atoms with Crippen LogP contribution in [0.25, 0.3) is 16.7 Å². The minimum atomic E-state index is 0.743. The van der Waals surface area contributed by atoms with Gasteiger partial charge in [0.2, 0.25) is 0 Å². The van der Waals surface area contributed by atoms with E-state index in [1.54, 1.807) is 5.57 Å². The lowest BCUT2D eigenvalue weighted by Gasteiger charge is -2.32. The number of allylic oxidation sites excluding steroid dienone is 1. The molecular weight excluding hydrogens is 350 g/mol. The Morgan fingerprint density at radius 2 is 1.41 bits per heavy atom. The first kappa shape index (κ1) is 18.4. The van der Waals surface area contributed by atoms with Crippen molar-refractivity contribution in [1.29, 1.82) is 0 Å². The van der Waals surface area contributed by atoms with E-state index in [0.29, 0.717) is 0 Å². The fraction of sp³-hybridized carbons (Fsp3) is 0.286. The van der Waals surface area contributed by atoms with E-state index < -0.39 is 0 Å². The number of nitrogens with zero attached hydrogens (tertiary/aromatic N) is 1. The summed E-state index contributed by atoms with van der Waals surface area (Å²) < 4.78 is 0. The van der Waals surface area contributed by atoms with E-state index in [0.717, 1.165) is 12.3 Å². The quantitative estimate of drug-likeness (QED) is 0.485. The third-order valence-electron chi connectivity index (χ3n) is 6.72. The van der Waals surface area contributed by atoms with Crippen LogP contribution < -0.4 is 0 Å². The summed E-state index contributed by atoms with van der Waals surface area (Å²) in [7, 11) is 0. The highest BCUT2D eigenvalue weighted by Crippen LogP contribution is 2.37. The third-order valence-corrected chi connectivity index (χ3v) is 6.72. The molecule has 0 unspecified atom stereocenters. The van der Waals surface area contributed by atoms with Crippen LogP contribution in [-0.2, 0) is 6.42 Å². The van der Waals surface area contributed by atoms with Gasteiger partial charge in [-0.3, -0.25) is 0 Å². The summed E-state index contributed by atoms with van der Waals surface area (Å²) in [4.78, 5) is 2.67. The van der Waals surface area contributed by atoms with E-state index in [1.807, 2.05) is 0 Å². The molecule has 2 aliphatic rings. The molecule has 1 heterocycles. The Morgan fingerprint density at radius 1 is 0.724 bits per heavy atom. The van der Waals surface area contributed by atoms with Crippen LogP contribution in [0.5, 0.6) is 0 Å². The molecule has 1 saturated heterocycles. The van der Waals surface area contributed by atoms with E-state index >= 15 is 0 Å². The van der Waals surface area contributed by atoms with Crippen molar-refractivity contribution in [3.8, 4) is 11.1 Å². The number of hydrogen-bond acceptors (Lipinski definition) is 1. The van der Waals surface area contributed by atoms with Crippen LogP contribution in [0.3, 0.4) is 0 Å². The highest BCUT2D eigenvalue weighted by atomic mass is 15.1. The summed E-state index contributed by atoms with van der Waals surface area (Å²) in [5.41, 5.74) is 8.79. The van der Waals surface area contributed by atoms with Gasteiger partial charge in [0.1, 0.15) is 0 Å². The molecule has 1 aliphatic carbocycles. The lowest BCUT2D eigenvalue weighted by atomic mass is 9.89. The molecule has 3 aromatic rings. The maximum Gasteiger partial charge on any atom is 0.00219 e. The lowest BCUT2D eigenvalue weighted by Crippen LogP contribution is -2.33. The average molecular weight is 380 g/mol. The van der Waals surface area contributed by atoms with Gasteiger partial charge in [-0.2, -0.15) is 0 Å². The van der Waals surface area contributed by atoms with Crippen molar-refractivity contribution in [2.24, 2.45) is 0 Å². The van der Waals surface area contributed by atoms with Gasteiger partial charge in [0.05, 0.1) is 0 Å². The smallest absolute Gasteiger partial charge is 0.00219 e. The summed E-state index contributed by atoms with van der Waals surface area (Å²) in [5.74, 6) is 0.743. The zero-order valence-corrected chi connectivity index (χ0v) is 17.1. The molecule has 3 aromatic carbocycles. The normalized spacial score (nSPS) is 17.2. The standard InChI is InChI=1S/C28H29N/c1-3-8-22(9-4-1)23-16-19-29(20-17-23)21-18-25-14-15-28-26(12-7-13-27(25)28)24-10-5-2-6-11-24/h1-14,23H,15-21H2. The molecule has 146 valence electrons. The number of likely N-dealkylation sites (tertiary alicyclic amines) is 1. The van der Waals surface area contributed by atoms with Crippen molar-refractivity contribution in [2.45, 2.75) is 31.6 Å². The summed E-state index contributed by atoms with van der Waals surface area (Å²) in [6.45, 7) is 3.63. The van der Waals surface area contributed by atoms with Gasteiger partial charge in [-0.15, -0.1) is 0 Å². The van der Waals surface area contributed by atoms with Crippen molar-refractivity contribution in [2.75, 3.05) is 19.6 Å². The molecule has 29 heavy (non-hydrogen) atoms. The van der Waals surface area contributed by atoms with Gasteiger partial charge >= 0.3 is 0 Å². The van der Waals surface area contributed by atoms with Gasteiger partial charge in [-0.1, -0.05) is 84.9 Å². The molecule has 0 saturated carbocycles. The number of fused-ring (bicyclic) bond motifs is 1. The van der Waals surface area contributed by atoms with Crippen LogP contribution >= 0.6 is 0 Å². The predicted octanol–water partition coefficient (Wildman–Crippen LogP) is 6.56. The fourth-order valence-electron chi connectivity index (χ4n) is 5.06. The maximum atomic E-state index is 2.67. The Balaban J connectivity index is 1.21. The lowest BCUT2D eigenvalue weighted by molar-refractivity contribution is 0.217. The van der Waals surface area contributed by atoms with Crippen LogP contribution in [-0.4, -0.2) is 24.5 Å². The second kappa shape index (κ2) is 8.39. The second-order valence-corrected chi connectivity index (χ2v) is 8.41. The van der Waals surface area contributed by atoms with Gasteiger partial charge in [-0.05, 0) is 78.1 Å². The number of benzene rings is 3. The van der Waals surface area contributed by atoms with Gasteiger partial charge in [-0.25, -0.2) is 0 Å². The minimum Gasteiger partial charge on any atom is -0.303 e. The largest absolute Gasteiger partial charge is 0.303 e. The highest BCUT2D eigenvalue weighted by Gasteiger charge is 2.22. The summed E-state index contributed by atoms with van der Waals surface area (Å²) in [5, 5.41) is 0. The Hall–Kier alpha value is -2.64. The molecule has 5 rings (SSSR count). The van der Waals surface area contributed by atoms with Crippen molar-refractivity contribution in [1.82, 2.24) is 4.90 Å². The molecule has 0 amide bonds. The number of hydrogen-bond donors (Lipinski definition) is 0. The van der Waals surface area contributed by atoms with Gasteiger partial charge in [0.25, 0.3) is 0 Å². The van der Waals surface area contributed by atoms with Gasteiger partial charge < -0.3 is 4.90 Å². The summed E-state index contributed by atoms with van der Waals surface area (Å²) >= 11 is 0. The summed E-state index contributed by atoms with van der Waals surface area (Å²) in [6.07, 6.45) is 7.29. The van der Waals surface area contributed by atoms with Crippen molar-refractivity contribution in [3.63, 3.8) is 0 Å².